The van der Waals surface area contributed by atoms with Gasteiger partial charge in [0.2, 0.25) is 16.0 Å². The molecule has 1 aromatic heterocycles. The average molecular weight is 398 g/mol. The van der Waals surface area contributed by atoms with Crippen LogP contribution in [0.25, 0.3) is 0 Å². The molecule has 2 heterocycles. The molecule has 0 aliphatic carbocycles. The van der Waals surface area contributed by atoms with Gasteiger partial charge in [0.05, 0.1) is 18.6 Å². The largest absolute Gasteiger partial charge is 0.467 e. The van der Waals surface area contributed by atoms with Gasteiger partial charge in [0.1, 0.15) is 0 Å². The Morgan fingerprint density at radius 2 is 1.96 bits per heavy atom. The van der Waals surface area contributed by atoms with Gasteiger partial charge in [-0.25, -0.2) is 13.1 Å². The molecule has 0 saturated carbocycles. The maximum Gasteiger partial charge on any atom is 0.321 e. The normalized spacial score (nSPS) is 14.7. The molecular formula is C16H20ClN5O3S. The molecule has 1 N–H and O–H groups in total. The number of hydrogen-bond acceptors (Lipinski definition) is 7. The number of methoxy groups -OCH3 is 1. The van der Waals surface area contributed by atoms with Crippen molar-refractivity contribution < 1.29 is 13.2 Å². The third-order valence-corrected chi connectivity index (χ3v) is 5.86. The second-order valence-corrected chi connectivity index (χ2v) is 8.14. The molecule has 3 rings (SSSR count). The summed E-state index contributed by atoms with van der Waals surface area (Å²) in [6.45, 7) is 3.36. The number of hydrogen-bond donors (Lipinski definition) is 1. The maximum atomic E-state index is 12.6. The Morgan fingerprint density at radius 1 is 1.23 bits per heavy atom. The molecular weight excluding hydrogens is 378 g/mol. The van der Waals surface area contributed by atoms with Crippen LogP contribution >= 0.6 is 11.6 Å². The zero-order valence-corrected chi connectivity index (χ0v) is 16.1. The number of benzene rings is 1. The van der Waals surface area contributed by atoms with Crippen LogP contribution in [0.4, 0.5) is 5.95 Å². The first-order chi connectivity index (χ1) is 12.4. The molecule has 1 aliphatic heterocycles. The number of rotatable bonds is 6. The van der Waals surface area contributed by atoms with Crippen LogP contribution in [0.3, 0.4) is 0 Å². The van der Waals surface area contributed by atoms with E-state index in [1.807, 2.05) is 4.90 Å². The highest BCUT2D eigenvalue weighted by Gasteiger charge is 2.20. The Labute approximate surface area is 157 Å². The monoisotopic (exact) mass is 397 g/mol. The molecule has 1 aromatic carbocycles. The lowest BCUT2D eigenvalue weighted by molar-refractivity contribution is 0.375. The van der Waals surface area contributed by atoms with E-state index >= 15 is 0 Å². The highest BCUT2D eigenvalue weighted by atomic mass is 35.5. The molecule has 1 saturated heterocycles. The molecule has 0 radical (unpaired) electrons. The first kappa shape index (κ1) is 18.8. The van der Waals surface area contributed by atoms with Gasteiger partial charge in [-0.2, -0.15) is 15.0 Å². The summed E-state index contributed by atoms with van der Waals surface area (Å²) in [7, 11) is -2.29. The first-order valence-electron chi connectivity index (χ1n) is 8.19. The third kappa shape index (κ3) is 4.22. The van der Waals surface area contributed by atoms with Gasteiger partial charge in [0.25, 0.3) is 0 Å². The van der Waals surface area contributed by atoms with Crippen LogP contribution < -0.4 is 14.4 Å². The number of aromatic nitrogens is 3. The number of anilines is 1. The minimum atomic E-state index is -3.75. The van der Waals surface area contributed by atoms with Crippen molar-refractivity contribution in [3.05, 3.63) is 34.6 Å². The molecule has 0 spiro atoms. The molecule has 0 amide bonds. The van der Waals surface area contributed by atoms with E-state index < -0.39 is 10.0 Å². The van der Waals surface area contributed by atoms with Crippen molar-refractivity contribution in [2.75, 3.05) is 25.1 Å². The molecule has 0 atom stereocenters. The summed E-state index contributed by atoms with van der Waals surface area (Å²) in [5.41, 5.74) is 0.605. The summed E-state index contributed by atoms with van der Waals surface area (Å²) in [5.74, 6) is 0.796. The zero-order valence-electron chi connectivity index (χ0n) is 14.6. The smallest absolute Gasteiger partial charge is 0.321 e. The van der Waals surface area contributed by atoms with Gasteiger partial charge in [-0.05, 0) is 37.5 Å². The number of nitrogens with zero attached hydrogens (tertiary/aromatic N) is 4. The number of ether oxygens (including phenoxy) is 1. The van der Waals surface area contributed by atoms with Gasteiger partial charge in [-0.1, -0.05) is 17.7 Å². The molecule has 2 aromatic rings. The Kier molecular flexibility index (Phi) is 5.59. The Balaban J connectivity index is 1.82. The average Bonchev–Trinajstić information content (AvgIpc) is 3.16. The summed E-state index contributed by atoms with van der Waals surface area (Å²) in [6.07, 6.45) is 2.15. The second kappa shape index (κ2) is 7.73. The minimum Gasteiger partial charge on any atom is -0.467 e. The molecule has 26 heavy (non-hydrogen) atoms. The topological polar surface area (TPSA) is 97.3 Å². The fourth-order valence-electron chi connectivity index (χ4n) is 2.72. The number of aryl methyl sites for hydroxylation is 1. The van der Waals surface area contributed by atoms with E-state index in [1.54, 1.807) is 19.1 Å². The maximum absolute atomic E-state index is 12.6. The quantitative estimate of drug-likeness (QED) is 0.795. The van der Waals surface area contributed by atoms with E-state index in [1.165, 1.54) is 13.2 Å². The first-order valence-corrected chi connectivity index (χ1v) is 10.0. The fraction of sp³-hybridized carbons (Fsp3) is 0.438. The van der Waals surface area contributed by atoms with Gasteiger partial charge in [-0.15, -0.1) is 0 Å². The minimum absolute atomic E-state index is 0.0754. The molecule has 8 nitrogen and oxygen atoms in total. The molecule has 0 bridgehead atoms. The summed E-state index contributed by atoms with van der Waals surface area (Å²) in [6, 6.07) is 4.89. The predicted molar refractivity (Wildman–Crippen MR) is 98.0 cm³/mol. The second-order valence-electron chi connectivity index (χ2n) is 5.97. The lowest BCUT2D eigenvalue weighted by atomic mass is 10.2. The molecule has 10 heteroatoms. The summed E-state index contributed by atoms with van der Waals surface area (Å²) < 4.78 is 32.8. The van der Waals surface area contributed by atoms with E-state index in [0.29, 0.717) is 22.4 Å². The van der Waals surface area contributed by atoms with E-state index in [9.17, 15) is 8.42 Å². The van der Waals surface area contributed by atoms with Gasteiger partial charge >= 0.3 is 6.01 Å². The number of nitrogens with one attached hydrogen (secondary N) is 1. The van der Waals surface area contributed by atoms with Gasteiger partial charge in [0, 0.05) is 18.1 Å². The Hall–Kier alpha value is -1.97. The van der Waals surface area contributed by atoms with Gasteiger partial charge < -0.3 is 9.64 Å². The SMILES string of the molecule is COc1nc(CNS(=O)(=O)c2cc(Cl)ccc2C)nc(N2CCCC2)n1. The highest BCUT2D eigenvalue weighted by Crippen LogP contribution is 2.21. The summed E-state index contributed by atoms with van der Waals surface area (Å²) in [5, 5.41) is 0.356. The molecule has 1 fully saturated rings. The lowest BCUT2D eigenvalue weighted by Crippen LogP contribution is -2.27. The number of halogens is 1. The van der Waals surface area contributed by atoms with Gasteiger partial charge in [0.15, 0.2) is 5.82 Å². The van der Waals surface area contributed by atoms with Crippen LogP contribution in [0.5, 0.6) is 6.01 Å². The van der Waals surface area contributed by atoms with Crippen LogP contribution in [0.2, 0.25) is 5.02 Å². The standard InChI is InChI=1S/C16H20ClN5O3S/c1-11-5-6-12(17)9-13(11)26(23,24)18-10-14-19-15(21-16(20-14)25-2)22-7-3-4-8-22/h5-6,9,18H,3-4,7-8,10H2,1-2H3. The third-order valence-electron chi connectivity index (χ3n) is 4.08. The number of sulfonamides is 1. The Morgan fingerprint density at radius 3 is 2.65 bits per heavy atom. The van der Waals surface area contributed by atoms with Crippen molar-refractivity contribution in [2.24, 2.45) is 0 Å². The van der Waals surface area contributed by atoms with Crippen molar-refractivity contribution in [1.82, 2.24) is 19.7 Å². The zero-order chi connectivity index (χ0) is 18.7. The van der Waals surface area contributed by atoms with Crippen molar-refractivity contribution in [3.63, 3.8) is 0 Å². The van der Waals surface area contributed by atoms with E-state index in [0.717, 1.165) is 25.9 Å². The van der Waals surface area contributed by atoms with Crippen molar-refractivity contribution in [1.29, 1.82) is 0 Å². The summed E-state index contributed by atoms with van der Waals surface area (Å²) >= 11 is 5.93. The van der Waals surface area contributed by atoms with Gasteiger partial charge in [-0.3, -0.25) is 0 Å². The molecule has 140 valence electrons. The van der Waals surface area contributed by atoms with E-state index in [-0.39, 0.29) is 17.5 Å². The fourth-order valence-corrected chi connectivity index (χ4v) is 4.20. The highest BCUT2D eigenvalue weighted by molar-refractivity contribution is 7.89. The van der Waals surface area contributed by atoms with Crippen LogP contribution in [0.1, 0.15) is 24.2 Å². The van der Waals surface area contributed by atoms with E-state index in [2.05, 4.69) is 19.7 Å². The molecule has 1 aliphatic rings. The van der Waals surface area contributed by atoms with Crippen molar-refractivity contribution in [2.45, 2.75) is 31.2 Å². The predicted octanol–water partition coefficient (Wildman–Crippen LogP) is 1.92. The van der Waals surface area contributed by atoms with Crippen LogP contribution in [0.15, 0.2) is 23.1 Å². The lowest BCUT2D eigenvalue weighted by Gasteiger charge is -2.16. The van der Waals surface area contributed by atoms with Crippen LogP contribution in [-0.4, -0.2) is 43.6 Å². The van der Waals surface area contributed by atoms with Crippen LogP contribution in [-0.2, 0) is 16.6 Å². The van der Waals surface area contributed by atoms with E-state index in [4.69, 9.17) is 16.3 Å². The van der Waals surface area contributed by atoms with Crippen molar-refractivity contribution >= 4 is 27.6 Å². The van der Waals surface area contributed by atoms with Crippen molar-refractivity contribution in [3.8, 4) is 6.01 Å². The summed E-state index contributed by atoms with van der Waals surface area (Å²) in [4.78, 5) is 14.9. The molecule has 0 unspecified atom stereocenters. The Bertz CT molecular complexity index is 901. The van der Waals surface area contributed by atoms with Crippen LogP contribution in [0, 0.1) is 6.92 Å².